The Morgan fingerprint density at radius 2 is 2.22 bits per heavy atom. The predicted molar refractivity (Wildman–Crippen MR) is 71.5 cm³/mol. The van der Waals surface area contributed by atoms with Crippen LogP contribution in [0.1, 0.15) is 18.5 Å². The lowest BCUT2D eigenvalue weighted by atomic mass is 10.0. The molecule has 0 fully saturated rings. The van der Waals surface area contributed by atoms with Crippen molar-refractivity contribution in [2.24, 2.45) is 5.73 Å². The topological polar surface area (TPSA) is 72.5 Å². The summed E-state index contributed by atoms with van der Waals surface area (Å²) in [6.07, 6.45) is -1.92. The first-order valence-electron chi connectivity index (χ1n) is 5.02. The highest BCUT2D eigenvalue weighted by molar-refractivity contribution is 9.10. The lowest BCUT2D eigenvalue weighted by Crippen LogP contribution is -2.31. The van der Waals surface area contributed by atoms with Crippen LogP contribution in [0.4, 0.5) is 4.39 Å². The highest BCUT2D eigenvalue weighted by Crippen LogP contribution is 2.28. The van der Waals surface area contributed by atoms with Gasteiger partial charge in [0.25, 0.3) is 0 Å². The van der Waals surface area contributed by atoms with Crippen molar-refractivity contribution in [2.45, 2.75) is 19.1 Å². The molecule has 1 aromatic carbocycles. The minimum atomic E-state index is -1.92. The molecule has 0 radical (unpaired) electrons. The molecule has 18 heavy (non-hydrogen) atoms. The van der Waals surface area contributed by atoms with E-state index in [4.69, 9.17) is 5.73 Å². The van der Waals surface area contributed by atoms with Crippen LogP contribution in [-0.4, -0.2) is 23.9 Å². The number of nitrogens with two attached hydrogens (primary N) is 1. The molecule has 4 nitrogen and oxygen atoms in total. The number of esters is 1. The maximum Gasteiger partial charge on any atom is 0.342 e. The van der Waals surface area contributed by atoms with Crippen molar-refractivity contribution in [3.8, 4) is 5.75 Å². The number of hydrogen-bond acceptors (Lipinski definition) is 4. The highest BCUT2D eigenvalue weighted by atomic mass is 79.9. The van der Waals surface area contributed by atoms with Crippen molar-refractivity contribution < 1.29 is 19.0 Å². The zero-order valence-corrected chi connectivity index (χ0v) is 12.0. The average molecular weight is 343 g/mol. The average Bonchev–Trinajstić information content (AvgIpc) is 2.31. The van der Waals surface area contributed by atoms with E-state index in [1.54, 1.807) is 6.92 Å². The van der Waals surface area contributed by atoms with Crippen molar-refractivity contribution in [3.63, 3.8) is 0 Å². The second-order valence-corrected chi connectivity index (χ2v) is 4.24. The zero-order valence-electron chi connectivity index (χ0n) is 9.60. The number of carbonyl (C=O) groups is 1. The molecule has 3 N–H and O–H groups in total. The van der Waals surface area contributed by atoms with Crippen LogP contribution < -0.4 is 5.73 Å². The molecule has 0 saturated heterocycles. The van der Waals surface area contributed by atoms with E-state index in [1.807, 2.05) is 0 Å². The Hall–Kier alpha value is -0.850. The smallest absolute Gasteiger partial charge is 0.342 e. The number of benzene rings is 1. The van der Waals surface area contributed by atoms with Crippen molar-refractivity contribution >= 4 is 34.3 Å². The van der Waals surface area contributed by atoms with Gasteiger partial charge in [0, 0.05) is 0 Å². The third-order valence-electron chi connectivity index (χ3n) is 2.18. The first-order chi connectivity index (χ1) is 7.97. The van der Waals surface area contributed by atoms with E-state index < -0.39 is 18.2 Å². The zero-order chi connectivity index (χ0) is 13.0. The largest absolute Gasteiger partial charge is 0.507 e. The van der Waals surface area contributed by atoms with E-state index >= 15 is 0 Å². The third-order valence-corrected chi connectivity index (χ3v) is 2.82. The van der Waals surface area contributed by atoms with Gasteiger partial charge >= 0.3 is 5.97 Å². The van der Waals surface area contributed by atoms with Gasteiger partial charge in [-0.2, -0.15) is 0 Å². The van der Waals surface area contributed by atoms with Crippen LogP contribution in [0, 0.1) is 0 Å². The van der Waals surface area contributed by atoms with E-state index in [9.17, 15) is 14.3 Å². The number of ether oxygens (including phenoxy) is 1. The summed E-state index contributed by atoms with van der Waals surface area (Å²) in [5, 5.41) is 9.28. The van der Waals surface area contributed by atoms with Gasteiger partial charge in [-0.15, -0.1) is 12.4 Å². The molecule has 0 heterocycles. The molecule has 1 rings (SSSR count). The van der Waals surface area contributed by atoms with Gasteiger partial charge in [-0.1, -0.05) is 6.07 Å². The normalized spacial score (nSPS) is 13.3. The molecule has 0 aliphatic rings. The summed E-state index contributed by atoms with van der Waals surface area (Å²) < 4.78 is 18.6. The second-order valence-electron chi connectivity index (χ2n) is 3.39. The van der Waals surface area contributed by atoms with Gasteiger partial charge < -0.3 is 15.6 Å². The molecule has 0 bridgehead atoms. The van der Waals surface area contributed by atoms with Gasteiger partial charge in [-0.3, -0.25) is 0 Å². The van der Waals surface area contributed by atoms with Crippen molar-refractivity contribution in [2.75, 3.05) is 6.61 Å². The van der Waals surface area contributed by atoms with Crippen LogP contribution in [-0.2, 0) is 9.53 Å². The number of alkyl halides is 1. The van der Waals surface area contributed by atoms with Gasteiger partial charge in [-0.05, 0) is 40.5 Å². The Morgan fingerprint density at radius 3 is 2.72 bits per heavy atom. The molecule has 0 aliphatic heterocycles. The molecule has 1 aromatic rings. The Balaban J connectivity index is 0.00000289. The van der Waals surface area contributed by atoms with Crippen molar-refractivity contribution in [3.05, 3.63) is 28.2 Å². The maximum atomic E-state index is 13.6. The molecule has 7 heteroatoms. The molecule has 0 aliphatic carbocycles. The Morgan fingerprint density at radius 1 is 1.61 bits per heavy atom. The second kappa shape index (κ2) is 7.56. The summed E-state index contributed by atoms with van der Waals surface area (Å²) >= 11 is 3.09. The van der Waals surface area contributed by atoms with Gasteiger partial charge in [0.05, 0.1) is 17.1 Å². The van der Waals surface area contributed by atoms with Gasteiger partial charge in [0.1, 0.15) is 5.75 Å². The molecule has 0 amide bonds. The molecule has 1 unspecified atom stereocenters. The monoisotopic (exact) mass is 341 g/mol. The van der Waals surface area contributed by atoms with E-state index in [1.165, 1.54) is 18.2 Å². The predicted octanol–water partition coefficient (Wildman–Crippen LogP) is 2.48. The molecule has 102 valence electrons. The van der Waals surface area contributed by atoms with Crippen LogP contribution in [0.15, 0.2) is 22.7 Å². The van der Waals surface area contributed by atoms with Crippen LogP contribution in [0.25, 0.3) is 0 Å². The summed E-state index contributed by atoms with van der Waals surface area (Å²) in [6, 6.07) is 3.17. The number of halogens is 3. The summed E-state index contributed by atoms with van der Waals surface area (Å²) in [7, 11) is 0. The third kappa shape index (κ3) is 4.12. The van der Waals surface area contributed by atoms with E-state index in [0.717, 1.165) is 0 Å². The Kier molecular flexibility index (Phi) is 7.20. The van der Waals surface area contributed by atoms with E-state index in [0.29, 0.717) is 10.0 Å². The highest BCUT2D eigenvalue weighted by Gasteiger charge is 2.28. The van der Waals surface area contributed by atoms with E-state index in [-0.39, 0.29) is 24.8 Å². The maximum absolute atomic E-state index is 13.6. The Labute approximate surface area is 119 Å². The summed E-state index contributed by atoms with van der Waals surface area (Å²) in [4.78, 5) is 11.2. The van der Waals surface area contributed by atoms with Crippen LogP contribution in [0.3, 0.4) is 0 Å². The number of rotatable bonds is 4. The van der Waals surface area contributed by atoms with Gasteiger partial charge in [-0.25, -0.2) is 9.18 Å². The fraction of sp³-hybridized carbons (Fsp3) is 0.364. The number of aromatic hydroxyl groups is 1. The molecule has 0 aromatic heterocycles. The summed E-state index contributed by atoms with van der Waals surface area (Å²) in [5.74, 6) is -0.961. The standard InChI is InChI=1S/C11H13BrFNO3.ClH/c1-2-17-11(16)9(13)10(14)6-3-4-8(15)7(12)5-6;/h3-5,9-10,15H,2,14H2,1H3;1H/t9?,10-;/m1./s1. The minimum Gasteiger partial charge on any atom is -0.507 e. The first kappa shape index (κ1) is 17.2. The Bertz CT molecular complexity index is 419. The SMILES string of the molecule is CCOC(=O)C(F)[C@H](N)c1ccc(O)c(Br)c1.Cl. The number of carbonyl (C=O) groups excluding carboxylic acids is 1. The van der Waals surface area contributed by atoms with E-state index in [2.05, 4.69) is 20.7 Å². The first-order valence-corrected chi connectivity index (χ1v) is 5.81. The van der Waals surface area contributed by atoms with Gasteiger partial charge in [0.2, 0.25) is 6.17 Å². The molecule has 0 spiro atoms. The number of hydrogen-bond donors (Lipinski definition) is 2. The van der Waals surface area contributed by atoms with Crippen LogP contribution in [0.5, 0.6) is 5.75 Å². The lowest BCUT2D eigenvalue weighted by molar-refractivity contribution is -0.149. The van der Waals surface area contributed by atoms with Crippen LogP contribution in [0.2, 0.25) is 0 Å². The molecule has 0 saturated carbocycles. The fourth-order valence-electron chi connectivity index (χ4n) is 1.27. The van der Waals surface area contributed by atoms with Gasteiger partial charge in [0.15, 0.2) is 0 Å². The molecular weight excluding hydrogens is 328 g/mol. The minimum absolute atomic E-state index is 0. The molecule has 2 atom stereocenters. The summed E-state index contributed by atoms with van der Waals surface area (Å²) in [6.45, 7) is 1.69. The van der Waals surface area contributed by atoms with Crippen LogP contribution >= 0.6 is 28.3 Å². The summed E-state index contributed by atoms with van der Waals surface area (Å²) in [5.41, 5.74) is 6.01. The van der Waals surface area contributed by atoms with Crippen molar-refractivity contribution in [1.29, 1.82) is 0 Å². The number of phenolic OH excluding ortho intramolecular Hbond substituents is 1. The quantitative estimate of drug-likeness (QED) is 0.825. The fourth-order valence-corrected chi connectivity index (χ4v) is 1.66. The lowest BCUT2D eigenvalue weighted by Gasteiger charge is -2.16. The van der Waals surface area contributed by atoms with Crippen molar-refractivity contribution in [1.82, 2.24) is 0 Å². The number of phenols is 1. The molecular formula is C11H14BrClFNO3.